The van der Waals surface area contributed by atoms with Gasteiger partial charge in [0, 0.05) is 10.2 Å². The zero-order chi connectivity index (χ0) is 13.7. The van der Waals surface area contributed by atoms with Crippen LogP contribution in [0.3, 0.4) is 0 Å². The first kappa shape index (κ1) is 14.5. The van der Waals surface area contributed by atoms with Crippen molar-refractivity contribution in [1.29, 1.82) is 0 Å². The Labute approximate surface area is 122 Å². The van der Waals surface area contributed by atoms with E-state index in [1.54, 1.807) is 0 Å². The van der Waals surface area contributed by atoms with Crippen molar-refractivity contribution in [3.05, 3.63) is 28.2 Å². The molecule has 2 N–H and O–H groups in total. The highest BCUT2D eigenvalue weighted by Crippen LogP contribution is 2.20. The normalized spacial score (nSPS) is 16.3. The summed E-state index contributed by atoms with van der Waals surface area (Å²) in [6.07, 6.45) is 0.556. The second-order valence-electron chi connectivity index (χ2n) is 4.87. The Morgan fingerprint density at radius 3 is 2.84 bits per heavy atom. The quantitative estimate of drug-likeness (QED) is 0.866. The zero-order valence-corrected chi connectivity index (χ0v) is 12.8. The Hall–Kier alpha value is -0.910. The standard InChI is InChI=1S/C14H19BrN2O2/c1-11-2-3-12(10-13(11)15)16-14(18)4-5-17-6-8-19-9-7-17/h2-3,10H,4-9H2,1H3,(H,16,18)/p+1. The molecule has 104 valence electrons. The third kappa shape index (κ3) is 4.60. The summed E-state index contributed by atoms with van der Waals surface area (Å²) in [5, 5.41) is 2.94. The molecule has 4 nitrogen and oxygen atoms in total. The van der Waals surface area contributed by atoms with Gasteiger partial charge in [-0.1, -0.05) is 22.0 Å². The van der Waals surface area contributed by atoms with Crippen molar-refractivity contribution >= 4 is 27.5 Å². The number of amides is 1. The van der Waals surface area contributed by atoms with Crippen molar-refractivity contribution in [2.75, 3.05) is 38.2 Å². The number of carbonyl (C=O) groups is 1. The van der Waals surface area contributed by atoms with Crippen LogP contribution in [0, 0.1) is 6.92 Å². The number of aryl methyl sites for hydroxylation is 1. The molecule has 1 aromatic rings. The van der Waals surface area contributed by atoms with Crippen LogP contribution in [-0.4, -0.2) is 38.8 Å². The van der Waals surface area contributed by atoms with E-state index in [0.29, 0.717) is 6.42 Å². The summed E-state index contributed by atoms with van der Waals surface area (Å²) in [6, 6.07) is 5.86. The Kier molecular flexibility index (Phi) is 5.36. The molecule has 0 saturated carbocycles. The summed E-state index contributed by atoms with van der Waals surface area (Å²) in [4.78, 5) is 13.3. The molecule has 1 aliphatic heterocycles. The molecular weight excluding hydrogens is 308 g/mol. The summed E-state index contributed by atoms with van der Waals surface area (Å²) in [7, 11) is 0. The van der Waals surface area contributed by atoms with Crippen LogP contribution in [0.1, 0.15) is 12.0 Å². The number of morpholine rings is 1. The first-order chi connectivity index (χ1) is 9.15. The van der Waals surface area contributed by atoms with Crippen molar-refractivity contribution in [2.45, 2.75) is 13.3 Å². The third-order valence-electron chi connectivity index (χ3n) is 3.36. The minimum Gasteiger partial charge on any atom is -0.370 e. The Morgan fingerprint density at radius 2 is 2.16 bits per heavy atom. The van der Waals surface area contributed by atoms with Gasteiger partial charge in [-0.3, -0.25) is 4.79 Å². The number of hydrogen-bond acceptors (Lipinski definition) is 2. The molecule has 1 heterocycles. The number of halogens is 1. The zero-order valence-electron chi connectivity index (χ0n) is 11.2. The molecule has 19 heavy (non-hydrogen) atoms. The number of anilines is 1. The predicted molar refractivity (Wildman–Crippen MR) is 78.5 cm³/mol. The van der Waals surface area contributed by atoms with Crippen LogP contribution in [0.2, 0.25) is 0 Å². The molecule has 1 aromatic carbocycles. The van der Waals surface area contributed by atoms with E-state index in [4.69, 9.17) is 4.74 Å². The van der Waals surface area contributed by atoms with Gasteiger partial charge in [-0.05, 0) is 24.6 Å². The monoisotopic (exact) mass is 327 g/mol. The minimum absolute atomic E-state index is 0.0785. The Bertz CT molecular complexity index is 445. The van der Waals surface area contributed by atoms with E-state index in [2.05, 4.69) is 21.2 Å². The van der Waals surface area contributed by atoms with Gasteiger partial charge < -0.3 is 15.0 Å². The van der Waals surface area contributed by atoms with Gasteiger partial charge in [-0.15, -0.1) is 0 Å². The largest absolute Gasteiger partial charge is 0.370 e. The van der Waals surface area contributed by atoms with Crippen LogP contribution in [0.5, 0.6) is 0 Å². The third-order valence-corrected chi connectivity index (χ3v) is 4.22. The van der Waals surface area contributed by atoms with Crippen LogP contribution >= 0.6 is 15.9 Å². The van der Waals surface area contributed by atoms with Gasteiger partial charge in [0.05, 0.1) is 26.2 Å². The summed E-state index contributed by atoms with van der Waals surface area (Å²) in [6.45, 7) is 6.52. The van der Waals surface area contributed by atoms with Crippen LogP contribution in [0.25, 0.3) is 0 Å². The molecule has 1 amide bonds. The van der Waals surface area contributed by atoms with E-state index in [-0.39, 0.29) is 5.91 Å². The van der Waals surface area contributed by atoms with Crippen LogP contribution < -0.4 is 10.2 Å². The highest BCUT2D eigenvalue weighted by atomic mass is 79.9. The number of ether oxygens (including phenoxy) is 1. The number of benzene rings is 1. The van der Waals surface area contributed by atoms with E-state index < -0.39 is 0 Å². The number of rotatable bonds is 4. The predicted octanol–water partition coefficient (Wildman–Crippen LogP) is 1.00. The molecule has 1 fully saturated rings. The first-order valence-corrected chi connectivity index (χ1v) is 7.42. The van der Waals surface area contributed by atoms with Gasteiger partial charge in [0.15, 0.2) is 0 Å². The maximum atomic E-state index is 11.9. The fraction of sp³-hybridized carbons (Fsp3) is 0.500. The molecule has 0 bridgehead atoms. The second-order valence-corrected chi connectivity index (χ2v) is 5.73. The topological polar surface area (TPSA) is 42.8 Å². The summed E-state index contributed by atoms with van der Waals surface area (Å²) in [5.41, 5.74) is 2.01. The summed E-state index contributed by atoms with van der Waals surface area (Å²) < 4.78 is 6.32. The van der Waals surface area contributed by atoms with Crippen LogP contribution in [0.15, 0.2) is 22.7 Å². The molecule has 1 aliphatic rings. The molecule has 0 aliphatic carbocycles. The van der Waals surface area contributed by atoms with E-state index in [1.165, 1.54) is 4.90 Å². The minimum atomic E-state index is 0.0785. The second kappa shape index (κ2) is 7.03. The van der Waals surface area contributed by atoms with Gasteiger partial charge in [0.25, 0.3) is 0 Å². The molecular formula is C14H20BrN2O2+. The van der Waals surface area contributed by atoms with Gasteiger partial charge in [-0.2, -0.15) is 0 Å². The van der Waals surface area contributed by atoms with Crippen molar-refractivity contribution in [3.8, 4) is 0 Å². The molecule has 0 atom stereocenters. The highest BCUT2D eigenvalue weighted by Gasteiger charge is 2.15. The lowest BCUT2D eigenvalue weighted by atomic mass is 10.2. The van der Waals surface area contributed by atoms with Gasteiger partial charge >= 0.3 is 0 Å². The Balaban J connectivity index is 1.78. The van der Waals surface area contributed by atoms with E-state index in [1.807, 2.05) is 25.1 Å². The molecule has 5 heteroatoms. The number of quaternary nitrogens is 1. The number of nitrogens with one attached hydrogen (secondary N) is 2. The molecule has 0 unspecified atom stereocenters. The maximum absolute atomic E-state index is 11.9. The SMILES string of the molecule is Cc1ccc(NC(=O)CC[NH+]2CCOCC2)cc1Br. The van der Waals surface area contributed by atoms with E-state index >= 15 is 0 Å². The summed E-state index contributed by atoms with van der Waals surface area (Å²) >= 11 is 3.47. The van der Waals surface area contributed by atoms with Crippen molar-refractivity contribution in [2.24, 2.45) is 0 Å². The average Bonchev–Trinajstić information content (AvgIpc) is 2.42. The van der Waals surface area contributed by atoms with Crippen LogP contribution in [-0.2, 0) is 9.53 Å². The molecule has 1 saturated heterocycles. The summed E-state index contributed by atoms with van der Waals surface area (Å²) in [5.74, 6) is 0.0785. The average molecular weight is 328 g/mol. The lowest BCUT2D eigenvalue weighted by Crippen LogP contribution is -3.14. The Morgan fingerprint density at radius 1 is 1.42 bits per heavy atom. The smallest absolute Gasteiger partial charge is 0.230 e. The highest BCUT2D eigenvalue weighted by molar-refractivity contribution is 9.10. The van der Waals surface area contributed by atoms with Crippen molar-refractivity contribution in [1.82, 2.24) is 0 Å². The molecule has 2 rings (SSSR count). The van der Waals surface area contributed by atoms with E-state index in [0.717, 1.165) is 48.6 Å². The van der Waals surface area contributed by atoms with E-state index in [9.17, 15) is 4.79 Å². The molecule has 0 aromatic heterocycles. The van der Waals surface area contributed by atoms with Crippen molar-refractivity contribution < 1.29 is 14.4 Å². The maximum Gasteiger partial charge on any atom is 0.230 e. The van der Waals surface area contributed by atoms with Gasteiger partial charge in [0.1, 0.15) is 13.1 Å². The molecule has 0 spiro atoms. The van der Waals surface area contributed by atoms with Crippen LogP contribution in [0.4, 0.5) is 5.69 Å². The van der Waals surface area contributed by atoms with Crippen molar-refractivity contribution in [3.63, 3.8) is 0 Å². The fourth-order valence-corrected chi connectivity index (χ4v) is 2.47. The molecule has 0 radical (unpaired) electrons. The number of carbonyl (C=O) groups excluding carboxylic acids is 1. The lowest BCUT2D eigenvalue weighted by Gasteiger charge is -2.23. The first-order valence-electron chi connectivity index (χ1n) is 6.62. The lowest BCUT2D eigenvalue weighted by molar-refractivity contribution is -0.907. The fourth-order valence-electron chi connectivity index (χ4n) is 2.09. The number of hydrogen-bond donors (Lipinski definition) is 2. The van der Waals surface area contributed by atoms with Gasteiger partial charge in [0.2, 0.25) is 5.91 Å². The van der Waals surface area contributed by atoms with Gasteiger partial charge in [-0.25, -0.2) is 0 Å².